The van der Waals surface area contributed by atoms with Crippen LogP contribution in [0.3, 0.4) is 0 Å². The summed E-state index contributed by atoms with van der Waals surface area (Å²) in [5.74, 6) is 0.469. The first-order chi connectivity index (χ1) is 11.7. The number of ether oxygens (including phenoxy) is 2. The molecule has 118 valence electrons. The summed E-state index contributed by atoms with van der Waals surface area (Å²) in [6, 6.07) is 7.16. The van der Waals surface area contributed by atoms with Crippen molar-refractivity contribution in [2.75, 3.05) is 0 Å². The highest BCUT2D eigenvalue weighted by atomic mass is 79.9. The Morgan fingerprint density at radius 3 is 1.92 bits per heavy atom. The molecule has 1 aromatic carbocycles. The second kappa shape index (κ2) is 7.33. The lowest BCUT2D eigenvalue weighted by atomic mass is 10.2. The normalized spacial score (nSPS) is 10.0. The average Bonchev–Trinajstić information content (AvgIpc) is 2.60. The number of para-hydroxylation sites is 1. The van der Waals surface area contributed by atoms with Crippen molar-refractivity contribution in [2.45, 2.75) is 0 Å². The third-order valence-corrected chi connectivity index (χ3v) is 3.51. The first-order valence-electron chi connectivity index (χ1n) is 6.49. The number of rotatable bonds is 4. The van der Waals surface area contributed by atoms with Crippen LogP contribution in [0.5, 0.6) is 23.5 Å². The standard InChI is InChI=1S/C15H7Br2N5O2/c16-10-5-19-14(20-6-10)23-12-3-1-2-9(4-18)13(12)24-15-21-7-11(17)8-22-15/h1-3,5-8H. The Morgan fingerprint density at radius 2 is 1.38 bits per heavy atom. The molecular formula is C15H7Br2N5O2. The van der Waals surface area contributed by atoms with E-state index in [1.165, 1.54) is 12.4 Å². The van der Waals surface area contributed by atoms with Crippen LogP contribution in [0.4, 0.5) is 0 Å². The van der Waals surface area contributed by atoms with Gasteiger partial charge in [0.2, 0.25) is 0 Å². The maximum absolute atomic E-state index is 9.30. The molecule has 0 N–H and O–H groups in total. The summed E-state index contributed by atoms with van der Waals surface area (Å²) in [7, 11) is 0. The lowest BCUT2D eigenvalue weighted by Gasteiger charge is -2.11. The summed E-state index contributed by atoms with van der Waals surface area (Å²) in [6.45, 7) is 0. The Morgan fingerprint density at radius 1 is 0.833 bits per heavy atom. The summed E-state index contributed by atoms with van der Waals surface area (Å²) in [6.07, 6.45) is 6.18. The molecule has 0 bridgehead atoms. The van der Waals surface area contributed by atoms with E-state index < -0.39 is 0 Å². The van der Waals surface area contributed by atoms with Crippen molar-refractivity contribution in [3.05, 3.63) is 57.5 Å². The Balaban J connectivity index is 1.95. The third-order valence-electron chi connectivity index (χ3n) is 2.69. The largest absolute Gasteiger partial charge is 0.420 e. The Labute approximate surface area is 153 Å². The molecule has 0 aliphatic rings. The van der Waals surface area contributed by atoms with Gasteiger partial charge in [0.1, 0.15) is 6.07 Å². The molecule has 0 radical (unpaired) electrons. The zero-order valence-electron chi connectivity index (χ0n) is 11.8. The number of halogens is 2. The van der Waals surface area contributed by atoms with E-state index in [0.717, 1.165) is 4.47 Å². The number of hydrogen-bond acceptors (Lipinski definition) is 7. The van der Waals surface area contributed by atoms with E-state index in [0.29, 0.717) is 4.47 Å². The zero-order chi connectivity index (χ0) is 16.9. The van der Waals surface area contributed by atoms with Crippen molar-refractivity contribution in [3.8, 4) is 29.6 Å². The van der Waals surface area contributed by atoms with Crippen molar-refractivity contribution in [3.63, 3.8) is 0 Å². The van der Waals surface area contributed by atoms with Crippen molar-refractivity contribution in [2.24, 2.45) is 0 Å². The quantitative estimate of drug-likeness (QED) is 0.588. The Kier molecular flexibility index (Phi) is 4.98. The molecule has 24 heavy (non-hydrogen) atoms. The summed E-state index contributed by atoms with van der Waals surface area (Å²) >= 11 is 6.50. The van der Waals surface area contributed by atoms with Crippen molar-refractivity contribution in [1.82, 2.24) is 19.9 Å². The molecule has 0 atom stereocenters. The Hall–Kier alpha value is -2.57. The van der Waals surface area contributed by atoms with E-state index in [4.69, 9.17) is 9.47 Å². The topological polar surface area (TPSA) is 93.8 Å². The first kappa shape index (κ1) is 16.3. The Bertz CT molecular complexity index is 895. The van der Waals surface area contributed by atoms with Gasteiger partial charge in [-0.15, -0.1) is 0 Å². The van der Waals surface area contributed by atoms with Gasteiger partial charge in [0, 0.05) is 24.8 Å². The second-order valence-corrected chi connectivity index (χ2v) is 6.15. The summed E-state index contributed by atoms with van der Waals surface area (Å²) in [5, 5.41) is 9.30. The molecule has 0 saturated carbocycles. The van der Waals surface area contributed by atoms with Crippen LogP contribution in [0.1, 0.15) is 5.56 Å². The van der Waals surface area contributed by atoms with E-state index in [2.05, 4.69) is 51.8 Å². The van der Waals surface area contributed by atoms with Crippen LogP contribution in [-0.2, 0) is 0 Å². The van der Waals surface area contributed by atoms with Crippen molar-refractivity contribution < 1.29 is 9.47 Å². The predicted molar refractivity (Wildman–Crippen MR) is 90.8 cm³/mol. The number of aromatic nitrogens is 4. The predicted octanol–water partition coefficient (Wildman–Crippen LogP) is 4.25. The van der Waals surface area contributed by atoms with Gasteiger partial charge in [0.15, 0.2) is 11.5 Å². The van der Waals surface area contributed by atoms with Gasteiger partial charge in [0.05, 0.1) is 14.5 Å². The average molecular weight is 449 g/mol. The highest BCUT2D eigenvalue weighted by Crippen LogP contribution is 2.35. The minimum Gasteiger partial charge on any atom is -0.420 e. The molecule has 0 aliphatic heterocycles. The molecule has 2 heterocycles. The SMILES string of the molecule is N#Cc1cccc(Oc2ncc(Br)cn2)c1Oc1ncc(Br)cn1. The van der Waals surface area contributed by atoms with Gasteiger partial charge in [-0.05, 0) is 44.0 Å². The smallest absolute Gasteiger partial charge is 0.322 e. The van der Waals surface area contributed by atoms with E-state index in [9.17, 15) is 5.26 Å². The molecule has 0 fully saturated rings. The minimum absolute atomic E-state index is 0.0856. The molecular weight excluding hydrogens is 442 g/mol. The number of hydrogen-bond donors (Lipinski definition) is 0. The van der Waals surface area contributed by atoms with Crippen LogP contribution in [0.2, 0.25) is 0 Å². The minimum atomic E-state index is 0.0856. The fourth-order valence-electron chi connectivity index (χ4n) is 1.69. The lowest BCUT2D eigenvalue weighted by Crippen LogP contribution is -1.98. The number of nitriles is 1. The second-order valence-electron chi connectivity index (χ2n) is 4.32. The van der Waals surface area contributed by atoms with Gasteiger partial charge < -0.3 is 9.47 Å². The lowest BCUT2D eigenvalue weighted by molar-refractivity contribution is 0.382. The van der Waals surface area contributed by atoms with Gasteiger partial charge in [-0.25, -0.2) is 19.9 Å². The number of nitrogens with zero attached hydrogens (tertiary/aromatic N) is 5. The third kappa shape index (κ3) is 3.84. The van der Waals surface area contributed by atoms with Crippen LogP contribution >= 0.6 is 31.9 Å². The van der Waals surface area contributed by atoms with Gasteiger partial charge in [-0.2, -0.15) is 5.26 Å². The molecule has 9 heteroatoms. The van der Waals surface area contributed by atoms with E-state index in [1.54, 1.807) is 30.6 Å². The summed E-state index contributed by atoms with van der Waals surface area (Å²) < 4.78 is 12.7. The molecule has 0 aliphatic carbocycles. The van der Waals surface area contributed by atoms with Crippen molar-refractivity contribution >= 4 is 31.9 Å². The first-order valence-corrected chi connectivity index (χ1v) is 8.08. The van der Waals surface area contributed by atoms with Crippen LogP contribution in [0.15, 0.2) is 51.9 Å². The zero-order valence-corrected chi connectivity index (χ0v) is 15.0. The van der Waals surface area contributed by atoms with Gasteiger partial charge in [-0.3, -0.25) is 0 Å². The molecule has 0 saturated heterocycles. The summed E-state index contributed by atoms with van der Waals surface area (Å²) in [4.78, 5) is 16.1. The molecule has 0 unspecified atom stereocenters. The highest BCUT2D eigenvalue weighted by molar-refractivity contribution is 9.10. The van der Waals surface area contributed by atoms with Crippen molar-refractivity contribution in [1.29, 1.82) is 5.26 Å². The summed E-state index contributed by atoms with van der Waals surface area (Å²) in [5.41, 5.74) is 0.274. The molecule has 7 nitrogen and oxygen atoms in total. The molecule has 0 amide bonds. The van der Waals surface area contributed by atoms with Crippen LogP contribution in [0, 0.1) is 11.3 Å². The monoisotopic (exact) mass is 447 g/mol. The van der Waals surface area contributed by atoms with Gasteiger partial charge >= 0.3 is 12.0 Å². The molecule has 3 aromatic rings. The van der Waals surface area contributed by atoms with Gasteiger partial charge in [-0.1, -0.05) is 6.07 Å². The maximum Gasteiger partial charge on any atom is 0.322 e. The molecule has 0 spiro atoms. The highest BCUT2D eigenvalue weighted by Gasteiger charge is 2.15. The van der Waals surface area contributed by atoms with E-state index in [-0.39, 0.29) is 29.1 Å². The fraction of sp³-hybridized carbons (Fsp3) is 0. The van der Waals surface area contributed by atoms with E-state index >= 15 is 0 Å². The van der Waals surface area contributed by atoms with Crippen LogP contribution < -0.4 is 9.47 Å². The molecule has 3 rings (SSSR count). The molecule has 2 aromatic heterocycles. The van der Waals surface area contributed by atoms with E-state index in [1.807, 2.05) is 6.07 Å². The van der Waals surface area contributed by atoms with Crippen LogP contribution in [-0.4, -0.2) is 19.9 Å². The van der Waals surface area contributed by atoms with Gasteiger partial charge in [0.25, 0.3) is 0 Å². The maximum atomic E-state index is 9.30. The van der Waals surface area contributed by atoms with Crippen LogP contribution in [0.25, 0.3) is 0 Å². The number of benzene rings is 1. The fourth-order valence-corrected chi connectivity index (χ4v) is 2.09.